The van der Waals surface area contributed by atoms with E-state index in [1.54, 1.807) is 12.5 Å². The summed E-state index contributed by atoms with van der Waals surface area (Å²) in [5, 5.41) is 0. The van der Waals surface area contributed by atoms with E-state index in [0.29, 0.717) is 17.3 Å². The molecule has 0 radical (unpaired) electrons. The van der Waals surface area contributed by atoms with Crippen molar-refractivity contribution in [1.82, 2.24) is 9.97 Å². The van der Waals surface area contributed by atoms with Crippen molar-refractivity contribution >= 4 is 0 Å². The highest BCUT2D eigenvalue weighted by Gasteiger charge is 2.57. The summed E-state index contributed by atoms with van der Waals surface area (Å²) in [6.45, 7) is 5.25. The van der Waals surface area contributed by atoms with Crippen molar-refractivity contribution in [3.05, 3.63) is 24.3 Å². The maximum atomic E-state index is 5.69. The fourth-order valence-corrected chi connectivity index (χ4v) is 2.26. The van der Waals surface area contributed by atoms with Crippen LogP contribution in [-0.2, 0) is 0 Å². The van der Waals surface area contributed by atoms with E-state index in [0.717, 1.165) is 12.2 Å². The van der Waals surface area contributed by atoms with E-state index in [1.165, 1.54) is 0 Å². The standard InChI is InChI=1S/C10H15N3/c1-10(2)7(5-11)9(10)8-3-4-12-6-13-8/h3-4,6-7,9H,5,11H2,1-2H3/t7-,9+/m0/s1. The number of rotatable bonds is 2. The minimum atomic E-state index is 0.323. The molecule has 0 bridgehead atoms. The summed E-state index contributed by atoms with van der Waals surface area (Å²) in [5.41, 5.74) is 7.15. The quantitative estimate of drug-likeness (QED) is 0.738. The van der Waals surface area contributed by atoms with E-state index in [2.05, 4.69) is 23.8 Å². The smallest absolute Gasteiger partial charge is 0.115 e. The molecule has 3 heteroatoms. The van der Waals surface area contributed by atoms with Crippen LogP contribution >= 0.6 is 0 Å². The minimum absolute atomic E-state index is 0.323. The van der Waals surface area contributed by atoms with Gasteiger partial charge in [-0.1, -0.05) is 13.8 Å². The third-order valence-electron chi connectivity index (χ3n) is 3.23. The molecule has 1 aliphatic carbocycles. The average Bonchev–Trinajstić information content (AvgIpc) is 2.69. The normalized spacial score (nSPS) is 30.1. The van der Waals surface area contributed by atoms with Crippen molar-refractivity contribution in [2.24, 2.45) is 17.1 Å². The third-order valence-corrected chi connectivity index (χ3v) is 3.23. The number of aromatic nitrogens is 2. The Hall–Kier alpha value is -0.960. The number of hydrogen-bond donors (Lipinski definition) is 1. The van der Waals surface area contributed by atoms with Crippen LogP contribution in [0.2, 0.25) is 0 Å². The predicted octanol–water partition coefficient (Wildman–Crippen LogP) is 1.17. The predicted molar refractivity (Wildman–Crippen MR) is 51.1 cm³/mol. The summed E-state index contributed by atoms with van der Waals surface area (Å²) in [6.07, 6.45) is 3.40. The van der Waals surface area contributed by atoms with Gasteiger partial charge in [-0.2, -0.15) is 0 Å². The fraction of sp³-hybridized carbons (Fsp3) is 0.600. The molecular weight excluding hydrogens is 162 g/mol. The molecule has 2 N–H and O–H groups in total. The molecule has 1 heterocycles. The number of nitrogens with two attached hydrogens (primary N) is 1. The van der Waals surface area contributed by atoms with Crippen LogP contribution in [0.1, 0.15) is 25.5 Å². The summed E-state index contributed by atoms with van der Waals surface area (Å²) >= 11 is 0. The number of nitrogens with zero attached hydrogens (tertiary/aromatic N) is 2. The topological polar surface area (TPSA) is 51.8 Å². The van der Waals surface area contributed by atoms with Crippen molar-refractivity contribution in [2.75, 3.05) is 6.54 Å². The molecule has 0 saturated heterocycles. The van der Waals surface area contributed by atoms with Crippen LogP contribution in [0.5, 0.6) is 0 Å². The maximum Gasteiger partial charge on any atom is 0.115 e. The Morgan fingerprint density at radius 1 is 1.54 bits per heavy atom. The second kappa shape index (κ2) is 2.77. The summed E-state index contributed by atoms with van der Waals surface area (Å²) < 4.78 is 0. The molecule has 0 unspecified atom stereocenters. The van der Waals surface area contributed by atoms with Gasteiger partial charge >= 0.3 is 0 Å². The van der Waals surface area contributed by atoms with Gasteiger partial charge in [0.25, 0.3) is 0 Å². The summed E-state index contributed by atoms with van der Waals surface area (Å²) in [5.74, 6) is 1.11. The first-order valence-electron chi connectivity index (χ1n) is 4.64. The molecule has 1 aromatic heterocycles. The number of hydrogen-bond acceptors (Lipinski definition) is 3. The lowest BCUT2D eigenvalue weighted by Gasteiger charge is -2.00. The van der Waals surface area contributed by atoms with Gasteiger partial charge in [-0.3, -0.25) is 0 Å². The average molecular weight is 177 g/mol. The molecule has 0 amide bonds. The van der Waals surface area contributed by atoms with Gasteiger partial charge in [0.15, 0.2) is 0 Å². The van der Waals surface area contributed by atoms with Crippen molar-refractivity contribution < 1.29 is 0 Å². The van der Waals surface area contributed by atoms with Crippen LogP contribution in [0.4, 0.5) is 0 Å². The Kier molecular flexibility index (Phi) is 1.84. The lowest BCUT2D eigenvalue weighted by Crippen LogP contribution is -2.05. The first-order chi connectivity index (χ1) is 6.18. The molecule has 1 fully saturated rings. The molecule has 1 aromatic rings. The lowest BCUT2D eigenvalue weighted by atomic mass is 10.1. The third kappa shape index (κ3) is 1.23. The molecule has 1 aliphatic rings. The Morgan fingerprint density at radius 2 is 2.31 bits per heavy atom. The van der Waals surface area contributed by atoms with Crippen LogP contribution in [0.3, 0.4) is 0 Å². The molecule has 70 valence electrons. The molecule has 0 spiro atoms. The Labute approximate surface area is 78.4 Å². The zero-order valence-corrected chi connectivity index (χ0v) is 8.07. The zero-order chi connectivity index (χ0) is 9.47. The highest BCUT2D eigenvalue weighted by Crippen LogP contribution is 2.63. The van der Waals surface area contributed by atoms with Crippen LogP contribution in [0.25, 0.3) is 0 Å². The van der Waals surface area contributed by atoms with Crippen molar-refractivity contribution in [2.45, 2.75) is 19.8 Å². The van der Waals surface area contributed by atoms with E-state index in [4.69, 9.17) is 5.73 Å². The second-order valence-electron chi connectivity index (χ2n) is 4.28. The molecule has 13 heavy (non-hydrogen) atoms. The Balaban J connectivity index is 2.22. The van der Waals surface area contributed by atoms with Gasteiger partial charge in [0.05, 0.1) is 0 Å². The molecule has 2 rings (SSSR count). The maximum absolute atomic E-state index is 5.69. The van der Waals surface area contributed by atoms with Crippen LogP contribution in [-0.4, -0.2) is 16.5 Å². The highest BCUT2D eigenvalue weighted by atomic mass is 14.9. The first-order valence-corrected chi connectivity index (χ1v) is 4.64. The summed E-state index contributed by atoms with van der Waals surface area (Å²) in [7, 11) is 0. The zero-order valence-electron chi connectivity index (χ0n) is 8.07. The molecule has 0 aliphatic heterocycles. The molecular formula is C10H15N3. The van der Waals surface area contributed by atoms with E-state index in [9.17, 15) is 0 Å². The Morgan fingerprint density at radius 3 is 2.77 bits per heavy atom. The van der Waals surface area contributed by atoms with Gasteiger partial charge in [0.2, 0.25) is 0 Å². The second-order valence-corrected chi connectivity index (χ2v) is 4.28. The van der Waals surface area contributed by atoms with E-state index >= 15 is 0 Å². The highest BCUT2D eigenvalue weighted by molar-refractivity contribution is 5.24. The van der Waals surface area contributed by atoms with Gasteiger partial charge < -0.3 is 5.73 Å². The van der Waals surface area contributed by atoms with Crippen molar-refractivity contribution in [1.29, 1.82) is 0 Å². The van der Waals surface area contributed by atoms with E-state index in [-0.39, 0.29) is 0 Å². The van der Waals surface area contributed by atoms with Gasteiger partial charge in [-0.05, 0) is 23.9 Å². The van der Waals surface area contributed by atoms with E-state index < -0.39 is 0 Å². The SMILES string of the molecule is CC1(C)[C@@H](CN)[C@@H]1c1ccncn1. The van der Waals surface area contributed by atoms with Gasteiger partial charge in [0.1, 0.15) is 6.33 Å². The molecule has 1 saturated carbocycles. The van der Waals surface area contributed by atoms with Gasteiger partial charge in [-0.25, -0.2) is 9.97 Å². The van der Waals surface area contributed by atoms with Gasteiger partial charge in [0, 0.05) is 17.8 Å². The van der Waals surface area contributed by atoms with Crippen molar-refractivity contribution in [3.63, 3.8) is 0 Å². The first kappa shape index (κ1) is 8.63. The van der Waals surface area contributed by atoms with Crippen LogP contribution in [0, 0.1) is 11.3 Å². The van der Waals surface area contributed by atoms with Crippen LogP contribution in [0.15, 0.2) is 18.6 Å². The van der Waals surface area contributed by atoms with E-state index in [1.807, 2.05) is 6.07 Å². The molecule has 2 atom stereocenters. The van der Waals surface area contributed by atoms with Crippen LogP contribution < -0.4 is 5.73 Å². The van der Waals surface area contributed by atoms with Crippen molar-refractivity contribution in [3.8, 4) is 0 Å². The summed E-state index contributed by atoms with van der Waals surface area (Å²) in [6, 6.07) is 1.99. The fourth-order valence-electron chi connectivity index (χ4n) is 2.26. The monoisotopic (exact) mass is 177 g/mol. The Bertz CT molecular complexity index is 294. The lowest BCUT2D eigenvalue weighted by molar-refractivity contribution is 0.557. The largest absolute Gasteiger partial charge is 0.330 e. The van der Waals surface area contributed by atoms with Gasteiger partial charge in [-0.15, -0.1) is 0 Å². The minimum Gasteiger partial charge on any atom is -0.330 e. The molecule has 3 nitrogen and oxygen atoms in total. The molecule has 0 aromatic carbocycles. The summed E-state index contributed by atoms with van der Waals surface area (Å²) in [4.78, 5) is 8.18.